The number of carbonyl (C=O) groups excluding carboxylic acids is 1. The van der Waals surface area contributed by atoms with Crippen LogP contribution in [0.25, 0.3) is 0 Å². The van der Waals surface area contributed by atoms with E-state index in [0.717, 1.165) is 12.0 Å². The molecular weight excluding hydrogens is 440 g/mol. The van der Waals surface area contributed by atoms with Crippen molar-refractivity contribution in [2.75, 3.05) is 13.7 Å². The van der Waals surface area contributed by atoms with Crippen molar-refractivity contribution in [3.63, 3.8) is 0 Å². The van der Waals surface area contributed by atoms with Gasteiger partial charge in [0.25, 0.3) is 5.91 Å². The topological polar surface area (TPSA) is 69.2 Å². The van der Waals surface area contributed by atoms with Gasteiger partial charge in [0.2, 0.25) is 0 Å². The molecule has 0 fully saturated rings. The average molecular weight is 475 g/mol. The second-order valence-corrected chi connectivity index (χ2v) is 9.26. The van der Waals surface area contributed by atoms with Gasteiger partial charge in [-0.25, -0.2) is 5.43 Å². The Morgan fingerprint density at radius 3 is 2.37 bits per heavy atom. The number of amides is 1. The van der Waals surface area contributed by atoms with Crippen molar-refractivity contribution in [2.45, 2.75) is 45.6 Å². The lowest BCUT2D eigenvalue weighted by Crippen LogP contribution is -2.33. The molecule has 0 aliphatic rings. The Hall–Kier alpha value is -3.80. The molecule has 3 rings (SSSR count). The summed E-state index contributed by atoms with van der Waals surface area (Å²) in [5.41, 5.74) is 5.77. The van der Waals surface area contributed by atoms with Gasteiger partial charge in [0.1, 0.15) is 5.75 Å². The molecule has 1 atom stereocenters. The molecule has 3 aromatic rings. The Morgan fingerprint density at radius 1 is 1.00 bits per heavy atom. The zero-order valence-electron chi connectivity index (χ0n) is 21.1. The summed E-state index contributed by atoms with van der Waals surface area (Å²) in [5.74, 6) is 1.55. The summed E-state index contributed by atoms with van der Waals surface area (Å²) in [7, 11) is 1.59. The highest BCUT2D eigenvalue weighted by molar-refractivity contribution is 5.84. The molecule has 0 aliphatic heterocycles. The third kappa shape index (κ3) is 7.88. The number of methoxy groups -OCH3 is 1. The molecule has 1 N–H and O–H groups in total. The zero-order chi connectivity index (χ0) is 25.3. The minimum Gasteiger partial charge on any atom is -0.493 e. The maximum atomic E-state index is 12.4. The summed E-state index contributed by atoms with van der Waals surface area (Å²) in [6.45, 7) is 8.69. The largest absolute Gasteiger partial charge is 0.493 e. The van der Waals surface area contributed by atoms with Gasteiger partial charge in [-0.05, 0) is 59.4 Å². The molecule has 6 heteroatoms. The molecule has 1 amide bonds. The fraction of sp³-hybridized carbons (Fsp3) is 0.310. The Morgan fingerprint density at radius 2 is 1.71 bits per heavy atom. The summed E-state index contributed by atoms with van der Waals surface area (Å²) < 4.78 is 17.1. The van der Waals surface area contributed by atoms with Crippen molar-refractivity contribution in [3.05, 3.63) is 89.5 Å². The minimum absolute atomic E-state index is 0.0609. The van der Waals surface area contributed by atoms with E-state index in [-0.39, 0.29) is 11.3 Å². The van der Waals surface area contributed by atoms with E-state index < -0.39 is 6.10 Å². The standard InChI is InChI=1S/C29H34N2O4/c1-21(35-25-14-12-24(13-15-25)29(2,3)4)28(32)31-30-20-23-11-16-26(27(19-23)33-5)34-18-17-22-9-7-6-8-10-22/h6-16,19-21H,17-18H2,1-5H3,(H,31,32)/b30-20+. The summed E-state index contributed by atoms with van der Waals surface area (Å²) in [4.78, 5) is 12.4. The van der Waals surface area contributed by atoms with Crippen LogP contribution in [0.5, 0.6) is 17.2 Å². The second kappa shape index (κ2) is 12.1. The van der Waals surface area contributed by atoms with Crippen molar-refractivity contribution < 1.29 is 19.0 Å². The van der Waals surface area contributed by atoms with Gasteiger partial charge in [0.15, 0.2) is 17.6 Å². The summed E-state index contributed by atoms with van der Waals surface area (Å²) >= 11 is 0. The minimum atomic E-state index is -0.692. The molecule has 184 valence electrons. The average Bonchev–Trinajstić information content (AvgIpc) is 2.85. The molecule has 3 aromatic carbocycles. The highest BCUT2D eigenvalue weighted by Crippen LogP contribution is 2.28. The number of nitrogens with zero attached hydrogens (tertiary/aromatic N) is 1. The molecule has 6 nitrogen and oxygen atoms in total. The van der Waals surface area contributed by atoms with Crippen LogP contribution in [0.3, 0.4) is 0 Å². The monoisotopic (exact) mass is 474 g/mol. The molecule has 0 aliphatic carbocycles. The lowest BCUT2D eigenvalue weighted by molar-refractivity contribution is -0.127. The van der Waals surface area contributed by atoms with E-state index in [2.05, 4.69) is 43.4 Å². The quantitative estimate of drug-likeness (QED) is 0.310. The van der Waals surface area contributed by atoms with E-state index in [1.165, 1.54) is 11.1 Å². The fourth-order valence-corrected chi connectivity index (χ4v) is 3.36. The molecule has 0 saturated carbocycles. The molecule has 0 saturated heterocycles. The van der Waals surface area contributed by atoms with E-state index in [0.29, 0.717) is 23.9 Å². The van der Waals surface area contributed by atoms with Crippen molar-refractivity contribution in [1.29, 1.82) is 0 Å². The first-order chi connectivity index (χ1) is 16.8. The van der Waals surface area contributed by atoms with Crippen molar-refractivity contribution in [3.8, 4) is 17.2 Å². The molecule has 0 heterocycles. The number of rotatable bonds is 10. The van der Waals surface area contributed by atoms with Crippen LogP contribution in [0.15, 0.2) is 77.9 Å². The van der Waals surface area contributed by atoms with Gasteiger partial charge in [-0.1, -0.05) is 63.2 Å². The molecule has 0 bridgehead atoms. The third-order valence-corrected chi connectivity index (χ3v) is 5.47. The van der Waals surface area contributed by atoms with Gasteiger partial charge in [-0.15, -0.1) is 0 Å². The smallest absolute Gasteiger partial charge is 0.280 e. The molecule has 1 unspecified atom stereocenters. The number of nitrogens with one attached hydrogen (secondary N) is 1. The first-order valence-electron chi connectivity index (χ1n) is 11.7. The van der Waals surface area contributed by atoms with Crippen LogP contribution in [-0.2, 0) is 16.6 Å². The number of carbonyl (C=O) groups is 1. The first kappa shape index (κ1) is 25.8. The Kier molecular flexibility index (Phi) is 8.90. The molecule has 35 heavy (non-hydrogen) atoms. The Labute approximate surface area is 207 Å². The van der Waals surface area contributed by atoms with Crippen molar-refractivity contribution in [2.24, 2.45) is 5.10 Å². The highest BCUT2D eigenvalue weighted by atomic mass is 16.5. The summed E-state index contributed by atoms with van der Waals surface area (Å²) in [5, 5.41) is 4.06. The maximum absolute atomic E-state index is 12.4. The third-order valence-electron chi connectivity index (χ3n) is 5.47. The summed E-state index contributed by atoms with van der Waals surface area (Å²) in [6.07, 6.45) is 1.67. The molecule has 0 spiro atoms. The normalized spacial score (nSPS) is 12.3. The lowest BCUT2D eigenvalue weighted by Gasteiger charge is -2.20. The van der Waals surface area contributed by atoms with Crippen LogP contribution in [0.4, 0.5) is 0 Å². The van der Waals surface area contributed by atoms with Crippen molar-refractivity contribution >= 4 is 12.1 Å². The number of hydrogen-bond donors (Lipinski definition) is 1. The van der Waals surface area contributed by atoms with E-state index in [1.807, 2.05) is 60.7 Å². The highest BCUT2D eigenvalue weighted by Gasteiger charge is 2.16. The molecule has 0 radical (unpaired) electrons. The summed E-state index contributed by atoms with van der Waals surface area (Å²) in [6, 6.07) is 23.5. The van der Waals surface area contributed by atoms with Crippen LogP contribution in [0, 0.1) is 0 Å². The second-order valence-electron chi connectivity index (χ2n) is 9.26. The van der Waals surface area contributed by atoms with Gasteiger partial charge in [-0.2, -0.15) is 5.10 Å². The molecule has 0 aromatic heterocycles. The fourth-order valence-electron chi connectivity index (χ4n) is 3.36. The van der Waals surface area contributed by atoms with Crippen LogP contribution in [-0.4, -0.2) is 31.9 Å². The van der Waals surface area contributed by atoms with Gasteiger partial charge >= 0.3 is 0 Å². The Balaban J connectivity index is 1.50. The lowest BCUT2D eigenvalue weighted by atomic mass is 9.87. The number of hydrogen-bond acceptors (Lipinski definition) is 5. The van der Waals surface area contributed by atoms with Gasteiger partial charge in [0, 0.05) is 6.42 Å². The van der Waals surface area contributed by atoms with Gasteiger partial charge in [-0.3, -0.25) is 4.79 Å². The van der Waals surface area contributed by atoms with E-state index in [4.69, 9.17) is 14.2 Å². The maximum Gasteiger partial charge on any atom is 0.280 e. The van der Waals surface area contributed by atoms with Crippen LogP contribution < -0.4 is 19.6 Å². The SMILES string of the molecule is COc1cc(/C=N/NC(=O)C(C)Oc2ccc(C(C)(C)C)cc2)ccc1OCCc1ccccc1. The first-order valence-corrected chi connectivity index (χ1v) is 11.7. The Bertz CT molecular complexity index is 1120. The van der Waals surface area contributed by atoms with Gasteiger partial charge in [0.05, 0.1) is 19.9 Å². The van der Waals surface area contributed by atoms with Crippen LogP contribution in [0.1, 0.15) is 44.4 Å². The molecular formula is C29H34N2O4. The van der Waals surface area contributed by atoms with Crippen LogP contribution in [0.2, 0.25) is 0 Å². The van der Waals surface area contributed by atoms with Crippen LogP contribution >= 0.6 is 0 Å². The number of ether oxygens (including phenoxy) is 3. The van der Waals surface area contributed by atoms with E-state index in [1.54, 1.807) is 20.2 Å². The predicted molar refractivity (Wildman–Crippen MR) is 140 cm³/mol. The zero-order valence-corrected chi connectivity index (χ0v) is 21.1. The number of hydrazone groups is 1. The van der Waals surface area contributed by atoms with E-state index in [9.17, 15) is 4.79 Å². The van der Waals surface area contributed by atoms with Crippen molar-refractivity contribution in [1.82, 2.24) is 5.43 Å². The predicted octanol–water partition coefficient (Wildman–Crippen LogP) is 5.53. The van der Waals surface area contributed by atoms with Gasteiger partial charge < -0.3 is 14.2 Å². The number of benzene rings is 3. The van der Waals surface area contributed by atoms with E-state index >= 15 is 0 Å².